The van der Waals surface area contributed by atoms with Gasteiger partial charge in [0.25, 0.3) is 5.91 Å². The fraction of sp³-hybridized carbons (Fsp3) is 0.450. The van der Waals surface area contributed by atoms with Crippen molar-refractivity contribution in [2.45, 2.75) is 30.6 Å². The topological polar surface area (TPSA) is 126 Å². The molecule has 3 heterocycles. The number of piperazine rings is 1. The van der Waals surface area contributed by atoms with Gasteiger partial charge in [0, 0.05) is 43.4 Å². The third kappa shape index (κ3) is 4.64. The third-order valence-corrected chi connectivity index (χ3v) is 8.73. The lowest BCUT2D eigenvalue weighted by Crippen LogP contribution is -2.50. The molecule has 1 aliphatic heterocycles. The summed E-state index contributed by atoms with van der Waals surface area (Å²) in [6, 6.07) is 3.12. The number of rotatable bonds is 6. The van der Waals surface area contributed by atoms with E-state index in [1.165, 1.54) is 34.1 Å². The van der Waals surface area contributed by atoms with Gasteiger partial charge in [-0.1, -0.05) is 0 Å². The molecule has 0 aromatic carbocycles. The van der Waals surface area contributed by atoms with Crippen LogP contribution < -0.4 is 11.1 Å². The molecule has 2 amide bonds. The number of carbonyl (C=O) groups excluding carboxylic acids is 2. The molecular formula is C20H25N5O4S2. The van der Waals surface area contributed by atoms with E-state index in [-0.39, 0.29) is 17.3 Å². The van der Waals surface area contributed by atoms with Gasteiger partial charge in [-0.2, -0.15) is 4.31 Å². The summed E-state index contributed by atoms with van der Waals surface area (Å²) in [4.78, 5) is 31.7. The first-order chi connectivity index (χ1) is 14.9. The number of aryl methyl sites for hydroxylation is 1. The molecule has 2 aliphatic rings. The standard InChI is InChI=1S/C20H25N5O4S2/c21-19(27)18-15-5-1-2-6-16(15)30-20(18)23-17(26)13-24-8-10-25(11-9-24)31(28,29)14-4-3-7-22-12-14/h3-4,7,12H,1-2,5-6,8-11,13H2,(H2,21,27)(H,23,26). The third-order valence-electron chi connectivity index (χ3n) is 5.64. The molecule has 0 bridgehead atoms. The zero-order valence-corrected chi connectivity index (χ0v) is 18.7. The van der Waals surface area contributed by atoms with Crippen molar-refractivity contribution in [1.29, 1.82) is 0 Å². The number of nitrogens with two attached hydrogens (primary N) is 1. The molecule has 0 saturated carbocycles. The van der Waals surface area contributed by atoms with Gasteiger partial charge in [-0.05, 0) is 43.4 Å². The van der Waals surface area contributed by atoms with Crippen LogP contribution in [-0.4, -0.2) is 67.1 Å². The van der Waals surface area contributed by atoms with Crippen LogP contribution >= 0.6 is 11.3 Å². The molecule has 2 aromatic heterocycles. The predicted molar refractivity (Wildman–Crippen MR) is 118 cm³/mol. The first kappa shape index (κ1) is 21.9. The van der Waals surface area contributed by atoms with Crippen LogP contribution in [0.3, 0.4) is 0 Å². The monoisotopic (exact) mass is 463 g/mol. The summed E-state index contributed by atoms with van der Waals surface area (Å²) in [7, 11) is -3.59. The van der Waals surface area contributed by atoms with Crippen LogP contribution in [0.15, 0.2) is 29.4 Å². The smallest absolute Gasteiger partial charge is 0.251 e. The van der Waals surface area contributed by atoms with Crippen molar-refractivity contribution < 1.29 is 18.0 Å². The molecule has 0 radical (unpaired) electrons. The van der Waals surface area contributed by atoms with Crippen molar-refractivity contribution in [2.75, 3.05) is 38.0 Å². The molecule has 1 saturated heterocycles. The molecule has 0 spiro atoms. The maximum atomic E-state index is 12.7. The largest absolute Gasteiger partial charge is 0.365 e. The number of aromatic nitrogens is 1. The average molecular weight is 464 g/mol. The Kier molecular flexibility index (Phi) is 6.37. The summed E-state index contributed by atoms with van der Waals surface area (Å²) in [5, 5.41) is 3.39. The summed E-state index contributed by atoms with van der Waals surface area (Å²) >= 11 is 1.44. The summed E-state index contributed by atoms with van der Waals surface area (Å²) in [5.41, 5.74) is 7.01. The van der Waals surface area contributed by atoms with Crippen LogP contribution in [0.5, 0.6) is 0 Å². The number of carbonyl (C=O) groups is 2. The number of nitrogens with one attached hydrogen (secondary N) is 1. The highest BCUT2D eigenvalue weighted by molar-refractivity contribution is 7.89. The number of hydrogen-bond acceptors (Lipinski definition) is 7. The van der Waals surface area contributed by atoms with Crippen LogP contribution in [0, 0.1) is 0 Å². The molecule has 166 valence electrons. The van der Waals surface area contributed by atoms with Gasteiger partial charge in [-0.15, -0.1) is 11.3 Å². The van der Waals surface area contributed by atoms with Gasteiger partial charge in [0.2, 0.25) is 15.9 Å². The maximum absolute atomic E-state index is 12.7. The van der Waals surface area contributed by atoms with E-state index in [0.717, 1.165) is 36.1 Å². The number of thiophene rings is 1. The van der Waals surface area contributed by atoms with Crippen molar-refractivity contribution >= 4 is 38.2 Å². The summed E-state index contributed by atoms with van der Waals surface area (Å²) in [6.45, 7) is 1.60. The van der Waals surface area contributed by atoms with E-state index < -0.39 is 15.9 Å². The minimum absolute atomic E-state index is 0.127. The molecule has 0 atom stereocenters. The number of primary amides is 1. The number of sulfonamides is 1. The number of nitrogens with zero attached hydrogens (tertiary/aromatic N) is 3. The van der Waals surface area contributed by atoms with Crippen LogP contribution in [-0.2, 0) is 27.7 Å². The van der Waals surface area contributed by atoms with E-state index >= 15 is 0 Å². The van der Waals surface area contributed by atoms with Crippen molar-refractivity contribution in [2.24, 2.45) is 5.73 Å². The number of fused-ring (bicyclic) bond motifs is 1. The normalized spacial score (nSPS) is 17.8. The molecule has 2 aromatic rings. The summed E-state index contributed by atoms with van der Waals surface area (Å²) in [5.74, 6) is -0.742. The lowest BCUT2D eigenvalue weighted by molar-refractivity contribution is -0.117. The van der Waals surface area contributed by atoms with E-state index in [1.807, 2.05) is 4.90 Å². The van der Waals surface area contributed by atoms with E-state index in [1.54, 1.807) is 6.07 Å². The molecule has 4 rings (SSSR count). The summed E-state index contributed by atoms with van der Waals surface area (Å²) < 4.78 is 26.8. The maximum Gasteiger partial charge on any atom is 0.251 e. The van der Waals surface area contributed by atoms with Crippen LogP contribution in [0.1, 0.15) is 33.6 Å². The SMILES string of the molecule is NC(=O)c1c(NC(=O)CN2CCN(S(=O)(=O)c3cccnc3)CC2)sc2c1CCCC2. The second kappa shape index (κ2) is 9.03. The first-order valence-corrected chi connectivity index (χ1v) is 12.5. The molecule has 9 nitrogen and oxygen atoms in total. The number of hydrogen-bond donors (Lipinski definition) is 2. The second-order valence-corrected chi connectivity index (χ2v) is 10.7. The first-order valence-electron chi connectivity index (χ1n) is 10.2. The minimum atomic E-state index is -3.59. The highest BCUT2D eigenvalue weighted by Crippen LogP contribution is 2.37. The van der Waals surface area contributed by atoms with Gasteiger partial charge in [0.1, 0.15) is 9.90 Å². The van der Waals surface area contributed by atoms with Crippen molar-refractivity contribution in [3.05, 3.63) is 40.5 Å². The molecule has 0 unspecified atom stereocenters. The highest BCUT2D eigenvalue weighted by atomic mass is 32.2. The Hall–Kier alpha value is -2.34. The number of pyridine rings is 1. The number of amides is 2. The lowest BCUT2D eigenvalue weighted by Gasteiger charge is -2.33. The highest BCUT2D eigenvalue weighted by Gasteiger charge is 2.30. The molecule has 3 N–H and O–H groups in total. The molecule has 1 aliphatic carbocycles. The molecule has 11 heteroatoms. The van der Waals surface area contributed by atoms with Crippen molar-refractivity contribution in [3.8, 4) is 0 Å². The van der Waals surface area contributed by atoms with Gasteiger partial charge in [-0.3, -0.25) is 19.5 Å². The zero-order valence-electron chi connectivity index (χ0n) is 17.0. The van der Waals surface area contributed by atoms with Crippen LogP contribution in [0.2, 0.25) is 0 Å². The van der Waals surface area contributed by atoms with Gasteiger partial charge in [0.15, 0.2) is 0 Å². The Morgan fingerprint density at radius 2 is 1.90 bits per heavy atom. The zero-order chi connectivity index (χ0) is 22.0. The van der Waals surface area contributed by atoms with Crippen LogP contribution in [0.4, 0.5) is 5.00 Å². The van der Waals surface area contributed by atoms with Gasteiger partial charge in [-0.25, -0.2) is 8.42 Å². The van der Waals surface area contributed by atoms with E-state index in [4.69, 9.17) is 5.73 Å². The van der Waals surface area contributed by atoms with Crippen molar-refractivity contribution in [3.63, 3.8) is 0 Å². The Morgan fingerprint density at radius 1 is 1.16 bits per heavy atom. The van der Waals surface area contributed by atoms with E-state index in [2.05, 4.69) is 10.3 Å². The van der Waals surface area contributed by atoms with Crippen molar-refractivity contribution in [1.82, 2.24) is 14.2 Å². The fourth-order valence-corrected chi connectivity index (χ4v) is 6.76. The lowest BCUT2D eigenvalue weighted by atomic mass is 9.95. The molecular weight excluding hydrogens is 438 g/mol. The van der Waals surface area contributed by atoms with Gasteiger partial charge >= 0.3 is 0 Å². The Bertz CT molecular complexity index is 1080. The van der Waals surface area contributed by atoms with E-state index in [0.29, 0.717) is 36.7 Å². The molecule has 1 fully saturated rings. The Morgan fingerprint density at radius 3 is 2.58 bits per heavy atom. The minimum Gasteiger partial charge on any atom is -0.365 e. The van der Waals surface area contributed by atoms with Gasteiger partial charge in [0.05, 0.1) is 12.1 Å². The summed E-state index contributed by atoms with van der Waals surface area (Å²) in [6.07, 6.45) is 6.68. The fourth-order valence-electron chi connectivity index (χ4n) is 4.06. The Balaban J connectivity index is 1.36. The Labute approximate surface area is 185 Å². The predicted octanol–water partition coefficient (Wildman–Crippen LogP) is 1.07. The van der Waals surface area contributed by atoms with E-state index in [9.17, 15) is 18.0 Å². The number of anilines is 1. The quantitative estimate of drug-likeness (QED) is 0.660. The second-order valence-electron chi connectivity index (χ2n) is 7.70. The van der Waals surface area contributed by atoms with Gasteiger partial charge < -0.3 is 11.1 Å². The molecule has 31 heavy (non-hydrogen) atoms. The van der Waals surface area contributed by atoms with Crippen LogP contribution in [0.25, 0.3) is 0 Å². The average Bonchev–Trinajstić information content (AvgIpc) is 3.12.